The highest BCUT2D eigenvalue weighted by Gasteiger charge is 2.30. The van der Waals surface area contributed by atoms with Crippen molar-refractivity contribution in [2.24, 2.45) is 0 Å². The van der Waals surface area contributed by atoms with Crippen molar-refractivity contribution < 1.29 is 9.90 Å². The van der Waals surface area contributed by atoms with E-state index in [1.807, 2.05) is 91.0 Å². The molecule has 1 aliphatic heterocycles. The number of anilines is 1. The molecule has 0 spiro atoms. The van der Waals surface area contributed by atoms with Gasteiger partial charge in [-0.2, -0.15) is 0 Å². The first-order chi connectivity index (χ1) is 17.0. The first-order valence-electron chi connectivity index (χ1n) is 11.1. The second-order valence-corrected chi connectivity index (χ2v) is 9.09. The zero-order valence-corrected chi connectivity index (χ0v) is 20.1. The highest BCUT2D eigenvalue weighted by molar-refractivity contribution is 6.31. The molecule has 0 amide bonds. The first-order valence-corrected chi connectivity index (χ1v) is 11.9. The van der Waals surface area contributed by atoms with Gasteiger partial charge in [0.1, 0.15) is 0 Å². The summed E-state index contributed by atoms with van der Waals surface area (Å²) in [7, 11) is 0. The first kappa shape index (κ1) is 23.1. The number of benzene rings is 4. The molecule has 4 aromatic carbocycles. The maximum Gasteiger partial charge on any atom is 0.186 e. The largest absolute Gasteiger partial charge is 0.369 e. The summed E-state index contributed by atoms with van der Waals surface area (Å²) in [5.41, 5.74) is 6.27. The standard InChI is InChI=1S/C30H21Cl2NO2/c31-23-13-11-21(12-14-23)20-9-6-19(7-10-20)8-17-27(34)29-28(22-4-2-1-3-5-22)25-18-24(32)15-16-26(25)33-30(29)35/h1-18,30,33,35H/b17-8+. The smallest absolute Gasteiger partial charge is 0.186 e. The summed E-state index contributed by atoms with van der Waals surface area (Å²) >= 11 is 12.3. The molecule has 0 radical (unpaired) electrons. The number of aliphatic hydroxyl groups is 1. The van der Waals surface area contributed by atoms with Gasteiger partial charge in [-0.05, 0) is 58.7 Å². The van der Waals surface area contributed by atoms with Crippen molar-refractivity contribution in [1.82, 2.24) is 0 Å². The lowest BCUT2D eigenvalue weighted by Crippen LogP contribution is -2.30. The Kier molecular flexibility index (Phi) is 6.56. The molecule has 4 aromatic rings. The molecule has 0 saturated heterocycles. The lowest BCUT2D eigenvalue weighted by Gasteiger charge is -2.28. The average Bonchev–Trinajstić information content (AvgIpc) is 2.88. The van der Waals surface area contributed by atoms with Gasteiger partial charge < -0.3 is 10.4 Å². The molecule has 5 heteroatoms. The van der Waals surface area contributed by atoms with E-state index in [-0.39, 0.29) is 11.4 Å². The van der Waals surface area contributed by atoms with Gasteiger partial charge in [-0.3, -0.25) is 4.79 Å². The second kappa shape index (κ2) is 9.93. The molecule has 3 nitrogen and oxygen atoms in total. The van der Waals surface area contributed by atoms with E-state index >= 15 is 0 Å². The summed E-state index contributed by atoms with van der Waals surface area (Å²) in [6.45, 7) is 0. The predicted molar refractivity (Wildman–Crippen MR) is 144 cm³/mol. The van der Waals surface area contributed by atoms with Gasteiger partial charge in [-0.1, -0.05) is 96.0 Å². The Labute approximate surface area is 214 Å². The van der Waals surface area contributed by atoms with Crippen LogP contribution in [0.25, 0.3) is 22.8 Å². The molecule has 0 aromatic heterocycles. The SMILES string of the molecule is O=C(/C=C/c1ccc(-c2ccc(Cl)cc2)cc1)C1=C(c2ccccc2)c2cc(Cl)ccc2NC1O. The quantitative estimate of drug-likeness (QED) is 0.280. The van der Waals surface area contributed by atoms with Crippen molar-refractivity contribution in [2.75, 3.05) is 5.32 Å². The Morgan fingerprint density at radius 3 is 2.09 bits per heavy atom. The van der Waals surface area contributed by atoms with Crippen LogP contribution in [-0.2, 0) is 4.79 Å². The molecule has 0 bridgehead atoms. The van der Waals surface area contributed by atoms with E-state index in [9.17, 15) is 9.90 Å². The summed E-state index contributed by atoms with van der Waals surface area (Å²) in [5, 5.41) is 15.2. The minimum absolute atomic E-state index is 0.278. The third-order valence-corrected chi connectivity index (χ3v) is 6.42. The van der Waals surface area contributed by atoms with Crippen LogP contribution in [0.1, 0.15) is 16.7 Å². The maximum absolute atomic E-state index is 13.4. The van der Waals surface area contributed by atoms with E-state index in [0.29, 0.717) is 15.6 Å². The molecule has 1 atom stereocenters. The monoisotopic (exact) mass is 497 g/mol. The summed E-state index contributed by atoms with van der Waals surface area (Å²) in [6, 6.07) is 30.5. The van der Waals surface area contributed by atoms with Crippen LogP contribution >= 0.6 is 23.2 Å². The Morgan fingerprint density at radius 1 is 0.771 bits per heavy atom. The maximum atomic E-state index is 13.4. The van der Waals surface area contributed by atoms with Gasteiger partial charge in [-0.25, -0.2) is 0 Å². The van der Waals surface area contributed by atoms with Crippen LogP contribution < -0.4 is 5.32 Å². The zero-order chi connectivity index (χ0) is 24.4. The molecule has 0 aliphatic carbocycles. The number of fused-ring (bicyclic) bond motifs is 1. The molecule has 172 valence electrons. The van der Waals surface area contributed by atoms with Gasteiger partial charge in [0.05, 0.1) is 5.57 Å². The minimum Gasteiger partial charge on any atom is -0.369 e. The molecule has 5 rings (SSSR count). The molecule has 1 aliphatic rings. The number of hydrogen-bond acceptors (Lipinski definition) is 3. The van der Waals surface area contributed by atoms with Crippen LogP contribution in [0.15, 0.2) is 109 Å². The second-order valence-electron chi connectivity index (χ2n) is 8.22. The van der Waals surface area contributed by atoms with Crippen LogP contribution in [-0.4, -0.2) is 17.1 Å². The molecule has 0 saturated carbocycles. The van der Waals surface area contributed by atoms with Gasteiger partial charge in [0.25, 0.3) is 0 Å². The third kappa shape index (κ3) is 4.94. The van der Waals surface area contributed by atoms with Gasteiger partial charge in [0.2, 0.25) is 0 Å². The van der Waals surface area contributed by atoms with E-state index in [2.05, 4.69) is 5.32 Å². The highest BCUT2D eigenvalue weighted by atomic mass is 35.5. The van der Waals surface area contributed by atoms with Crippen LogP contribution in [0.4, 0.5) is 5.69 Å². The number of hydrogen-bond donors (Lipinski definition) is 2. The number of rotatable bonds is 5. The predicted octanol–water partition coefficient (Wildman–Crippen LogP) is 7.49. The molecule has 1 unspecified atom stereocenters. The average molecular weight is 498 g/mol. The number of nitrogens with one attached hydrogen (secondary N) is 1. The Hall–Kier alpha value is -3.63. The fraction of sp³-hybridized carbons (Fsp3) is 0.0333. The summed E-state index contributed by atoms with van der Waals surface area (Å²) in [4.78, 5) is 13.4. The van der Waals surface area contributed by atoms with Crippen LogP contribution in [0, 0.1) is 0 Å². The molecular weight excluding hydrogens is 477 g/mol. The number of allylic oxidation sites excluding steroid dienone is 1. The Balaban J connectivity index is 1.49. The van der Waals surface area contributed by atoms with E-state index in [1.165, 1.54) is 6.08 Å². The van der Waals surface area contributed by atoms with E-state index in [4.69, 9.17) is 23.2 Å². The zero-order valence-electron chi connectivity index (χ0n) is 18.6. The highest BCUT2D eigenvalue weighted by Crippen LogP contribution is 2.39. The normalized spacial score (nSPS) is 15.1. The lowest BCUT2D eigenvalue weighted by molar-refractivity contribution is -0.112. The van der Waals surface area contributed by atoms with Crippen molar-refractivity contribution in [3.05, 3.63) is 135 Å². The lowest BCUT2D eigenvalue weighted by atomic mass is 9.86. The third-order valence-electron chi connectivity index (χ3n) is 5.93. The van der Waals surface area contributed by atoms with Gasteiger partial charge in [0, 0.05) is 26.9 Å². The van der Waals surface area contributed by atoms with E-state index < -0.39 is 6.23 Å². The number of carbonyl (C=O) groups is 1. The Morgan fingerprint density at radius 2 is 1.40 bits per heavy atom. The van der Waals surface area contributed by atoms with Crippen LogP contribution in [0.2, 0.25) is 10.0 Å². The number of aliphatic hydroxyl groups excluding tert-OH is 1. The van der Waals surface area contributed by atoms with Crippen molar-refractivity contribution in [1.29, 1.82) is 0 Å². The molecule has 2 N–H and O–H groups in total. The molecular formula is C30H21Cl2NO2. The molecule has 35 heavy (non-hydrogen) atoms. The van der Waals surface area contributed by atoms with Crippen molar-refractivity contribution in [3.8, 4) is 11.1 Å². The number of halogens is 2. The van der Waals surface area contributed by atoms with Crippen molar-refractivity contribution in [3.63, 3.8) is 0 Å². The van der Waals surface area contributed by atoms with Gasteiger partial charge in [-0.15, -0.1) is 0 Å². The Bertz CT molecular complexity index is 1440. The van der Waals surface area contributed by atoms with Gasteiger partial charge in [0.15, 0.2) is 12.0 Å². The van der Waals surface area contributed by atoms with Crippen LogP contribution in [0.5, 0.6) is 0 Å². The molecule has 0 fully saturated rings. The number of ketones is 1. The van der Waals surface area contributed by atoms with E-state index in [1.54, 1.807) is 12.1 Å². The van der Waals surface area contributed by atoms with Crippen molar-refractivity contribution in [2.45, 2.75) is 6.23 Å². The molecule has 1 heterocycles. The number of carbonyl (C=O) groups excluding carboxylic acids is 1. The fourth-order valence-electron chi connectivity index (χ4n) is 4.21. The van der Waals surface area contributed by atoms with Gasteiger partial charge >= 0.3 is 0 Å². The summed E-state index contributed by atoms with van der Waals surface area (Å²) < 4.78 is 0. The summed E-state index contributed by atoms with van der Waals surface area (Å²) in [5.74, 6) is -0.281. The van der Waals surface area contributed by atoms with Crippen molar-refractivity contribution >= 4 is 46.3 Å². The topological polar surface area (TPSA) is 49.3 Å². The minimum atomic E-state index is -1.15. The summed E-state index contributed by atoms with van der Waals surface area (Å²) in [6.07, 6.45) is 2.10. The van der Waals surface area contributed by atoms with E-state index in [0.717, 1.165) is 33.5 Å². The van der Waals surface area contributed by atoms with Crippen LogP contribution in [0.3, 0.4) is 0 Å². The fourth-order valence-corrected chi connectivity index (χ4v) is 4.51.